The number of nitrogen functional groups attached to an aromatic ring is 1. The van der Waals surface area contributed by atoms with Gasteiger partial charge in [-0.25, -0.2) is 9.66 Å². The summed E-state index contributed by atoms with van der Waals surface area (Å²) in [4.78, 5) is 21.1. The number of thioether (sulfide) groups is 1. The third-order valence-electron chi connectivity index (χ3n) is 4.90. The van der Waals surface area contributed by atoms with Gasteiger partial charge in [0.25, 0.3) is 0 Å². The number of hydrogen-bond acceptors (Lipinski definition) is 7. The van der Waals surface area contributed by atoms with Crippen LogP contribution >= 0.6 is 23.4 Å². The maximum Gasteiger partial charge on any atom is 0.223 e. The van der Waals surface area contributed by atoms with Crippen molar-refractivity contribution in [2.24, 2.45) is 0 Å². The zero-order valence-electron chi connectivity index (χ0n) is 16.3. The van der Waals surface area contributed by atoms with Crippen LogP contribution in [0.25, 0.3) is 11.4 Å². The quantitative estimate of drug-likeness (QED) is 0.462. The predicted molar refractivity (Wildman–Crippen MR) is 119 cm³/mol. The molecule has 156 valence electrons. The van der Waals surface area contributed by atoms with Crippen molar-refractivity contribution in [2.45, 2.75) is 11.6 Å². The molecule has 1 aromatic carbocycles. The maximum absolute atomic E-state index is 12.6. The number of carbonyl (C=O) groups is 1. The average Bonchev–Trinajstić information content (AvgIpc) is 3.15. The third kappa shape index (κ3) is 4.68. The van der Waals surface area contributed by atoms with Gasteiger partial charge in [0.2, 0.25) is 11.1 Å². The summed E-state index contributed by atoms with van der Waals surface area (Å²) in [7, 11) is 0. The van der Waals surface area contributed by atoms with E-state index in [9.17, 15) is 4.79 Å². The molecule has 1 aliphatic heterocycles. The first-order valence-electron chi connectivity index (χ1n) is 9.65. The normalized spacial score (nSPS) is 14.2. The van der Waals surface area contributed by atoms with E-state index in [-0.39, 0.29) is 5.91 Å². The van der Waals surface area contributed by atoms with E-state index in [1.165, 1.54) is 16.4 Å². The van der Waals surface area contributed by atoms with Crippen LogP contribution in [-0.4, -0.2) is 62.6 Å². The SMILES string of the molecule is Nn1c(SCCC(=O)N2CCN(c3ccccn3)CC2)nnc1-c1cccc(Cl)c1. The highest BCUT2D eigenvalue weighted by atomic mass is 35.5. The fourth-order valence-corrected chi connectivity index (χ4v) is 4.29. The molecule has 0 bridgehead atoms. The molecule has 4 rings (SSSR count). The maximum atomic E-state index is 12.6. The van der Waals surface area contributed by atoms with E-state index >= 15 is 0 Å². The van der Waals surface area contributed by atoms with Crippen molar-refractivity contribution >= 4 is 35.1 Å². The van der Waals surface area contributed by atoms with Gasteiger partial charge in [0.05, 0.1) is 0 Å². The van der Waals surface area contributed by atoms with Gasteiger partial charge >= 0.3 is 0 Å². The number of piperazine rings is 1. The van der Waals surface area contributed by atoms with Gasteiger partial charge in [-0.15, -0.1) is 10.2 Å². The Labute approximate surface area is 184 Å². The Balaban J connectivity index is 1.26. The number of nitrogens with two attached hydrogens (primary N) is 1. The summed E-state index contributed by atoms with van der Waals surface area (Å²) < 4.78 is 1.44. The highest BCUT2D eigenvalue weighted by Gasteiger charge is 2.22. The summed E-state index contributed by atoms with van der Waals surface area (Å²) in [6.07, 6.45) is 2.21. The van der Waals surface area contributed by atoms with Crippen LogP contribution in [0.1, 0.15) is 6.42 Å². The summed E-state index contributed by atoms with van der Waals surface area (Å²) in [5, 5.41) is 9.47. The second-order valence-electron chi connectivity index (χ2n) is 6.84. The Kier molecular flexibility index (Phi) is 6.39. The number of halogens is 1. The molecule has 8 nitrogen and oxygen atoms in total. The average molecular weight is 444 g/mol. The number of hydrogen-bond donors (Lipinski definition) is 1. The van der Waals surface area contributed by atoms with E-state index in [4.69, 9.17) is 17.4 Å². The van der Waals surface area contributed by atoms with Crippen LogP contribution in [0.4, 0.5) is 5.82 Å². The summed E-state index contributed by atoms with van der Waals surface area (Å²) >= 11 is 7.46. The van der Waals surface area contributed by atoms with Crippen molar-refractivity contribution in [3.8, 4) is 11.4 Å². The number of rotatable bonds is 6. The van der Waals surface area contributed by atoms with Crippen molar-refractivity contribution in [3.63, 3.8) is 0 Å². The minimum Gasteiger partial charge on any atom is -0.353 e. The van der Waals surface area contributed by atoms with E-state index in [0.29, 0.717) is 41.3 Å². The van der Waals surface area contributed by atoms with Gasteiger partial charge in [0.15, 0.2) is 5.82 Å². The lowest BCUT2D eigenvalue weighted by Gasteiger charge is -2.35. The van der Waals surface area contributed by atoms with E-state index in [2.05, 4.69) is 20.1 Å². The molecule has 0 unspecified atom stereocenters. The number of amides is 1. The lowest BCUT2D eigenvalue weighted by molar-refractivity contribution is -0.131. The first kappa shape index (κ1) is 20.5. The van der Waals surface area contributed by atoms with Gasteiger partial charge in [-0.05, 0) is 24.3 Å². The Morgan fingerprint density at radius 1 is 1.10 bits per heavy atom. The van der Waals surface area contributed by atoms with Crippen LogP contribution < -0.4 is 10.7 Å². The molecule has 3 aromatic rings. The molecule has 0 saturated carbocycles. The van der Waals surface area contributed by atoms with Crippen molar-refractivity contribution < 1.29 is 4.79 Å². The molecule has 30 heavy (non-hydrogen) atoms. The van der Waals surface area contributed by atoms with Crippen molar-refractivity contribution in [2.75, 3.05) is 42.7 Å². The molecule has 2 aromatic heterocycles. The van der Waals surface area contributed by atoms with Gasteiger partial charge in [-0.2, -0.15) is 0 Å². The number of pyridine rings is 1. The Hall–Kier alpha value is -2.78. The van der Waals surface area contributed by atoms with E-state index in [1.54, 1.807) is 18.3 Å². The number of benzene rings is 1. The van der Waals surface area contributed by atoms with Crippen LogP contribution in [-0.2, 0) is 4.79 Å². The molecule has 1 saturated heterocycles. The summed E-state index contributed by atoms with van der Waals surface area (Å²) in [5.74, 6) is 8.36. The monoisotopic (exact) mass is 443 g/mol. The summed E-state index contributed by atoms with van der Waals surface area (Å²) in [6.45, 7) is 2.98. The molecule has 3 heterocycles. The standard InChI is InChI=1S/C20H22ClN7OS/c21-16-5-3-4-15(14-16)19-24-25-20(28(19)22)30-13-7-18(29)27-11-9-26(10-12-27)17-6-1-2-8-23-17/h1-6,8,14H,7,9-13,22H2. The fourth-order valence-electron chi connectivity index (χ4n) is 3.31. The van der Waals surface area contributed by atoms with Crippen molar-refractivity contribution in [1.82, 2.24) is 24.8 Å². The first-order valence-corrected chi connectivity index (χ1v) is 11.0. The van der Waals surface area contributed by atoms with Gasteiger partial charge in [-0.1, -0.05) is 41.6 Å². The first-order chi connectivity index (χ1) is 14.6. The second-order valence-corrected chi connectivity index (χ2v) is 8.34. The van der Waals surface area contributed by atoms with Gasteiger partial charge in [0.1, 0.15) is 5.82 Å². The van der Waals surface area contributed by atoms with E-state index in [0.717, 1.165) is 24.5 Å². The van der Waals surface area contributed by atoms with E-state index in [1.807, 2.05) is 35.2 Å². The minimum absolute atomic E-state index is 0.140. The molecule has 0 atom stereocenters. The van der Waals surface area contributed by atoms with Crippen LogP contribution in [0.2, 0.25) is 5.02 Å². The predicted octanol–water partition coefficient (Wildman–Crippen LogP) is 2.54. The highest BCUT2D eigenvalue weighted by molar-refractivity contribution is 7.99. The summed E-state index contributed by atoms with van der Waals surface area (Å²) in [5.41, 5.74) is 0.797. The van der Waals surface area contributed by atoms with E-state index < -0.39 is 0 Å². The Bertz CT molecular complexity index is 1010. The van der Waals surface area contributed by atoms with Crippen LogP contribution in [0.5, 0.6) is 0 Å². The lowest BCUT2D eigenvalue weighted by atomic mass is 10.2. The molecule has 1 aliphatic rings. The van der Waals surface area contributed by atoms with Crippen LogP contribution in [0.15, 0.2) is 53.8 Å². The number of nitrogens with zero attached hydrogens (tertiary/aromatic N) is 6. The van der Waals surface area contributed by atoms with Gasteiger partial charge < -0.3 is 15.6 Å². The fraction of sp³-hybridized carbons (Fsp3) is 0.300. The van der Waals surface area contributed by atoms with Crippen molar-refractivity contribution in [1.29, 1.82) is 0 Å². The van der Waals surface area contributed by atoms with Crippen LogP contribution in [0.3, 0.4) is 0 Å². The Morgan fingerprint density at radius 3 is 2.67 bits per heavy atom. The van der Waals surface area contributed by atoms with Crippen molar-refractivity contribution in [3.05, 3.63) is 53.7 Å². The molecule has 0 radical (unpaired) electrons. The molecule has 0 aliphatic carbocycles. The molecular formula is C20H22ClN7OS. The minimum atomic E-state index is 0.140. The Morgan fingerprint density at radius 2 is 1.93 bits per heavy atom. The molecule has 1 fully saturated rings. The largest absolute Gasteiger partial charge is 0.353 e. The van der Waals surface area contributed by atoms with Crippen LogP contribution in [0, 0.1) is 0 Å². The molecular weight excluding hydrogens is 422 g/mol. The molecule has 1 amide bonds. The van der Waals surface area contributed by atoms with Gasteiger partial charge in [-0.3, -0.25) is 4.79 Å². The smallest absolute Gasteiger partial charge is 0.223 e. The second kappa shape index (κ2) is 9.36. The number of anilines is 1. The number of carbonyl (C=O) groups excluding carboxylic acids is 1. The summed E-state index contributed by atoms with van der Waals surface area (Å²) in [6, 6.07) is 13.2. The number of aromatic nitrogens is 4. The molecule has 0 spiro atoms. The van der Waals surface area contributed by atoms with Gasteiger partial charge in [0, 0.05) is 55.1 Å². The highest BCUT2D eigenvalue weighted by Crippen LogP contribution is 2.24. The molecule has 10 heteroatoms. The third-order valence-corrected chi connectivity index (χ3v) is 6.08. The topological polar surface area (TPSA) is 93.2 Å². The zero-order chi connectivity index (χ0) is 20.9. The zero-order valence-corrected chi connectivity index (χ0v) is 17.9. The lowest BCUT2D eigenvalue weighted by Crippen LogP contribution is -2.49. The molecule has 2 N–H and O–H groups in total.